The summed E-state index contributed by atoms with van der Waals surface area (Å²) in [6, 6.07) is 30.8. The van der Waals surface area contributed by atoms with E-state index in [2.05, 4.69) is 53.9 Å². The third kappa shape index (κ3) is 33.8. The molecule has 8 aromatic rings. The van der Waals surface area contributed by atoms with Gasteiger partial charge in [-0.1, -0.05) is 152 Å². The minimum absolute atomic E-state index is 0.0382. The molecule has 0 amide bonds. The van der Waals surface area contributed by atoms with Crippen molar-refractivity contribution in [1.29, 1.82) is 0 Å². The number of rotatable bonds is 54. The average Bonchev–Trinajstić information content (AvgIpc) is 2.01. The molecule has 0 aliphatic rings. The van der Waals surface area contributed by atoms with Crippen LogP contribution in [0, 0.1) is 0 Å². The highest BCUT2D eigenvalue weighted by molar-refractivity contribution is 8.14. The molecule has 0 bridgehead atoms. The summed E-state index contributed by atoms with van der Waals surface area (Å²) < 4.78 is 61.4. The molecule has 4 heterocycles. The number of ether oxygens (including phenoxy) is 9. The molecule has 544 valence electrons. The molecular weight excluding hydrogens is 1410 g/mol. The van der Waals surface area contributed by atoms with Crippen LogP contribution in [-0.4, -0.2) is 222 Å². The minimum atomic E-state index is -0.493. The average molecular weight is 1500 g/mol. The van der Waals surface area contributed by atoms with Crippen molar-refractivity contribution >= 4 is 104 Å². The molecule has 6 radical (unpaired) electrons. The van der Waals surface area contributed by atoms with Crippen molar-refractivity contribution in [3.8, 4) is 0 Å². The lowest BCUT2D eigenvalue weighted by Crippen LogP contribution is -2.32. The fourth-order valence-electron chi connectivity index (χ4n) is 9.52. The third-order valence-corrected chi connectivity index (χ3v) is 19.3. The van der Waals surface area contributed by atoms with E-state index in [1.54, 1.807) is 18.7 Å². The normalized spacial score (nSPS) is 12.1. The third-order valence-electron chi connectivity index (χ3n) is 15.2. The van der Waals surface area contributed by atoms with Gasteiger partial charge in [-0.2, -0.15) is 12.6 Å². The quantitative estimate of drug-likeness (QED) is 0.0167. The predicted octanol–water partition coefficient (Wildman–Crippen LogP) is 7.48. The number of nitrogens with zero attached hydrogens (tertiary/aromatic N) is 12. The highest BCUT2D eigenvalue weighted by atomic mass is 32.2. The first-order valence-corrected chi connectivity index (χ1v) is 38.1. The van der Waals surface area contributed by atoms with E-state index < -0.39 is 12.2 Å². The Kier molecular flexibility index (Phi) is 39.0. The number of carbonyl (C=O) groups is 4. The van der Waals surface area contributed by atoms with Gasteiger partial charge in [-0.15, -0.1) is 20.4 Å². The smallest absolute Gasteiger partial charge is 0.194 e. The van der Waals surface area contributed by atoms with Crippen molar-refractivity contribution in [2.24, 2.45) is 0 Å². The van der Waals surface area contributed by atoms with Gasteiger partial charge in [-0.3, -0.25) is 19.2 Å². The van der Waals surface area contributed by atoms with Crippen LogP contribution >= 0.6 is 59.7 Å². The summed E-state index contributed by atoms with van der Waals surface area (Å²) in [6.45, 7) is 6.21. The molecule has 0 aliphatic carbocycles. The number of hydrogen-bond donors (Lipinski definition) is 1. The second-order valence-corrected chi connectivity index (χ2v) is 28.1. The molecule has 0 fully saturated rings. The topological polar surface area (TPSA) is 274 Å². The maximum atomic E-state index is 12.7. The number of aromatic nitrogens is 12. The molecule has 0 spiro atoms. The Labute approximate surface area is 628 Å². The Morgan fingerprint density at radius 2 is 0.592 bits per heavy atom. The molecule has 0 N–H and O–H groups in total. The first-order valence-electron chi connectivity index (χ1n) is 34.2. The molecule has 2 unspecified atom stereocenters. The van der Waals surface area contributed by atoms with Gasteiger partial charge in [0.2, 0.25) is 0 Å². The zero-order valence-electron chi connectivity index (χ0n) is 57.8. The second kappa shape index (κ2) is 48.7. The fraction of sp³-hybridized carbons (Fsp3) is 0.486. The van der Waals surface area contributed by atoms with Crippen LogP contribution < -0.4 is 0 Å². The van der Waals surface area contributed by atoms with Crippen molar-refractivity contribution in [1.82, 2.24) is 60.0 Å². The first kappa shape index (κ1) is 82.4. The van der Waals surface area contributed by atoms with Crippen LogP contribution in [0.25, 0.3) is 0 Å². The Hall–Kier alpha value is -6.30. The standard InChI is InChI=1S/C70H87B3N12O13S5/c71-41-53-1-13-63(14-2-53)100-67(86)21-9-57-44-82(78-74-57)25-29-90-33-35-94-48-61(97-39-37-92-31-27-84-46-59(76-80-84)11-23-69(88)102-65-17-5-55(43-73)6-18-65)50-96-51-62(98-40-38-93-32-28-85-47-60(77-81-85)12-24-70(89)103-66-19-7-56(52-99)8-20-66)49-95-36-34-91-30-26-83-45-58(75-79-83)10-22-68(87)101-64-15-3-54(42-72)4-16-64/h1-8,13-20,44-47,61-62,99H,9-12,21-43,48-52H2. The van der Waals surface area contributed by atoms with E-state index in [9.17, 15) is 19.2 Å². The van der Waals surface area contributed by atoms with Gasteiger partial charge < -0.3 is 42.6 Å². The molecule has 4 aromatic carbocycles. The summed E-state index contributed by atoms with van der Waals surface area (Å²) in [4.78, 5) is 54.2. The highest BCUT2D eigenvalue weighted by Gasteiger charge is 2.18. The molecule has 4 aromatic heterocycles. The predicted molar refractivity (Wildman–Crippen MR) is 399 cm³/mol. The van der Waals surface area contributed by atoms with E-state index in [-0.39, 0.29) is 86.5 Å². The molecule has 0 saturated carbocycles. The van der Waals surface area contributed by atoms with E-state index in [1.807, 2.05) is 122 Å². The number of hydrogen-bond acceptors (Lipinski definition) is 26. The molecule has 2 atom stereocenters. The highest BCUT2D eigenvalue weighted by Crippen LogP contribution is 2.26. The Balaban J connectivity index is 0.767. The zero-order chi connectivity index (χ0) is 72.3. The van der Waals surface area contributed by atoms with E-state index >= 15 is 0 Å². The van der Waals surface area contributed by atoms with E-state index in [0.717, 1.165) is 58.9 Å². The maximum Gasteiger partial charge on any atom is 0.194 e. The van der Waals surface area contributed by atoms with Crippen molar-refractivity contribution in [2.75, 3.05) is 106 Å². The molecule has 0 saturated heterocycles. The van der Waals surface area contributed by atoms with Crippen LogP contribution in [0.5, 0.6) is 0 Å². The summed E-state index contributed by atoms with van der Waals surface area (Å²) >= 11 is 9.13. The Morgan fingerprint density at radius 1 is 0.340 bits per heavy atom. The molecule has 25 nitrogen and oxygen atoms in total. The summed E-state index contributed by atoms with van der Waals surface area (Å²) in [6.07, 6.45) is 10.8. The van der Waals surface area contributed by atoms with Gasteiger partial charge in [0.25, 0.3) is 0 Å². The lowest BCUT2D eigenvalue weighted by Gasteiger charge is -2.22. The number of thioether (sulfide) groups is 4. The number of aryl methyl sites for hydroxylation is 4. The van der Waals surface area contributed by atoms with Crippen LogP contribution in [0.1, 0.15) is 70.7 Å². The second-order valence-electron chi connectivity index (χ2n) is 23.3. The van der Waals surface area contributed by atoms with Gasteiger partial charge in [0, 0.05) is 101 Å². The largest absolute Gasteiger partial charge is 0.377 e. The van der Waals surface area contributed by atoms with Gasteiger partial charge in [0.15, 0.2) is 20.5 Å². The van der Waals surface area contributed by atoms with Gasteiger partial charge >= 0.3 is 0 Å². The van der Waals surface area contributed by atoms with Crippen LogP contribution in [0.15, 0.2) is 141 Å². The molecule has 103 heavy (non-hydrogen) atoms. The SMILES string of the molecule is [B]Cc1ccc(SC(=O)CCc2cn(CCOCCOCC(COCC(COCCOCCn3cc(CCC(=O)Sc4ccc(C[B])cc4)nn3)OCCOCCn3cc(CCC(=O)Sc4ccc(CS)cc4)nn3)OCCOCCn3cc(CCC(=O)Sc4ccc(C[B])cc4)nn3)nn2)cc1. The summed E-state index contributed by atoms with van der Waals surface area (Å²) in [5.74, 6) is 0.641. The van der Waals surface area contributed by atoms with Gasteiger partial charge in [0.05, 0.1) is 178 Å². The van der Waals surface area contributed by atoms with E-state index in [4.69, 9.17) is 66.2 Å². The number of benzene rings is 4. The van der Waals surface area contributed by atoms with Crippen molar-refractivity contribution in [3.63, 3.8) is 0 Å². The minimum Gasteiger partial charge on any atom is -0.377 e. The van der Waals surface area contributed by atoms with Crippen molar-refractivity contribution in [3.05, 3.63) is 167 Å². The maximum absolute atomic E-state index is 12.7. The molecule has 8 rings (SSSR count). The molecule has 33 heteroatoms. The lowest BCUT2D eigenvalue weighted by molar-refractivity contribution is -0.111. The van der Waals surface area contributed by atoms with Crippen molar-refractivity contribution in [2.45, 2.75) is 134 Å². The van der Waals surface area contributed by atoms with E-state index in [1.165, 1.54) is 47.0 Å². The van der Waals surface area contributed by atoms with Crippen LogP contribution in [0.2, 0.25) is 0 Å². The Morgan fingerprint density at radius 3 is 0.864 bits per heavy atom. The van der Waals surface area contributed by atoms with Gasteiger partial charge in [-0.25, -0.2) is 18.7 Å². The van der Waals surface area contributed by atoms with Gasteiger partial charge in [-0.05, 0) is 54.1 Å². The van der Waals surface area contributed by atoms with Crippen LogP contribution in [0.4, 0.5) is 0 Å². The first-order chi connectivity index (χ1) is 50.4. The molecule has 0 aliphatic heterocycles. The number of carbonyl (C=O) groups excluding carboxylic acids is 4. The summed E-state index contributed by atoms with van der Waals surface area (Å²) in [7, 11) is 17.1. The fourth-order valence-corrected chi connectivity index (χ4v) is 12.7. The monoisotopic (exact) mass is 1500 g/mol. The lowest BCUT2D eigenvalue weighted by atomic mass is 9.97. The van der Waals surface area contributed by atoms with Gasteiger partial charge in [0.1, 0.15) is 12.2 Å². The van der Waals surface area contributed by atoms with Crippen LogP contribution in [0.3, 0.4) is 0 Å². The Bertz CT molecular complexity index is 3480. The summed E-state index contributed by atoms with van der Waals surface area (Å²) in [5.41, 5.74) is 7.00. The zero-order valence-corrected chi connectivity index (χ0v) is 62.0. The summed E-state index contributed by atoms with van der Waals surface area (Å²) in [5, 5.41) is 34.0. The van der Waals surface area contributed by atoms with Crippen molar-refractivity contribution < 1.29 is 61.8 Å². The van der Waals surface area contributed by atoms with Crippen LogP contribution in [-0.2, 0) is 138 Å². The number of thiol groups is 1. The molecular formula is C70H87B3N12O13S5. The van der Waals surface area contributed by atoms with E-state index in [0.29, 0.717) is 148 Å².